The molecule has 0 saturated carbocycles. The van der Waals surface area contributed by atoms with Crippen LogP contribution in [0.4, 0.5) is 8.78 Å². The summed E-state index contributed by atoms with van der Waals surface area (Å²) in [5.41, 5.74) is 6.11. The molecule has 2 atom stereocenters. The van der Waals surface area contributed by atoms with E-state index in [2.05, 4.69) is 0 Å². The fourth-order valence-corrected chi connectivity index (χ4v) is 2.73. The summed E-state index contributed by atoms with van der Waals surface area (Å²) in [6, 6.07) is 1.80. The van der Waals surface area contributed by atoms with Gasteiger partial charge in [-0.3, -0.25) is 4.79 Å². The van der Waals surface area contributed by atoms with Crippen LogP contribution in [-0.2, 0) is 0 Å². The zero-order chi connectivity index (χ0) is 14.9. The number of hydrogen-bond donors (Lipinski definition) is 1. The Bertz CT molecular complexity index is 523. The average Bonchev–Trinajstić information content (AvgIpc) is 2.42. The van der Waals surface area contributed by atoms with Gasteiger partial charge in [0.1, 0.15) is 11.6 Å². The molecule has 1 saturated heterocycles. The summed E-state index contributed by atoms with van der Waals surface area (Å²) in [6.07, 6.45) is 2.73. The van der Waals surface area contributed by atoms with E-state index in [9.17, 15) is 13.6 Å². The van der Waals surface area contributed by atoms with Crippen molar-refractivity contribution in [1.82, 2.24) is 4.90 Å². The number of nitrogens with two attached hydrogens (primary N) is 1. The fourth-order valence-electron chi connectivity index (χ4n) is 2.73. The third-order valence-corrected chi connectivity index (χ3v) is 3.90. The number of hydrogen-bond acceptors (Lipinski definition) is 2. The molecule has 118 valence electrons. The van der Waals surface area contributed by atoms with Crippen molar-refractivity contribution in [3.8, 4) is 0 Å². The Morgan fingerprint density at radius 1 is 1.33 bits per heavy atom. The van der Waals surface area contributed by atoms with Gasteiger partial charge in [0.15, 0.2) is 0 Å². The van der Waals surface area contributed by atoms with Crippen molar-refractivity contribution < 1.29 is 13.6 Å². The van der Waals surface area contributed by atoms with Gasteiger partial charge < -0.3 is 10.6 Å². The predicted octanol–water partition coefficient (Wildman–Crippen LogP) is 3.04. The molecular weight excluding hydrogens is 298 g/mol. The minimum atomic E-state index is -0.813. The van der Waals surface area contributed by atoms with E-state index in [4.69, 9.17) is 5.73 Å². The summed E-state index contributed by atoms with van der Waals surface area (Å²) in [5.74, 6) is -1.85. The third kappa shape index (κ3) is 3.71. The Balaban J connectivity index is 0.00000220. The number of amides is 1. The van der Waals surface area contributed by atoms with E-state index >= 15 is 0 Å². The van der Waals surface area contributed by atoms with Gasteiger partial charge in [-0.1, -0.05) is 0 Å². The maximum atomic E-state index is 13.8. The molecule has 0 spiro atoms. The van der Waals surface area contributed by atoms with E-state index in [1.54, 1.807) is 4.90 Å². The number of rotatable bonds is 2. The molecule has 0 bridgehead atoms. The van der Waals surface area contributed by atoms with Crippen LogP contribution in [0.5, 0.6) is 0 Å². The lowest BCUT2D eigenvalue weighted by Crippen LogP contribution is -2.51. The van der Waals surface area contributed by atoms with Gasteiger partial charge in [0.25, 0.3) is 5.91 Å². The van der Waals surface area contributed by atoms with Gasteiger partial charge in [0.2, 0.25) is 0 Å². The molecule has 0 radical (unpaired) electrons. The molecule has 2 unspecified atom stereocenters. The summed E-state index contributed by atoms with van der Waals surface area (Å²) in [4.78, 5) is 14.1. The lowest BCUT2D eigenvalue weighted by Gasteiger charge is -2.38. The number of aryl methyl sites for hydroxylation is 1. The number of halogens is 3. The zero-order valence-electron chi connectivity index (χ0n) is 12.2. The average molecular weight is 319 g/mol. The van der Waals surface area contributed by atoms with Gasteiger partial charge in [-0.2, -0.15) is 0 Å². The molecule has 0 aliphatic carbocycles. The monoisotopic (exact) mass is 318 g/mol. The number of carbonyl (C=O) groups excluding carboxylic acids is 1. The lowest BCUT2D eigenvalue weighted by molar-refractivity contribution is 0.0579. The van der Waals surface area contributed by atoms with E-state index in [1.807, 2.05) is 6.92 Å². The molecule has 1 fully saturated rings. The van der Waals surface area contributed by atoms with Gasteiger partial charge >= 0.3 is 0 Å². The highest BCUT2D eigenvalue weighted by Crippen LogP contribution is 2.23. The second-order valence-electron chi connectivity index (χ2n) is 5.50. The number of piperidine rings is 1. The third-order valence-electron chi connectivity index (χ3n) is 3.90. The van der Waals surface area contributed by atoms with Gasteiger partial charge in [0, 0.05) is 24.7 Å². The molecule has 21 heavy (non-hydrogen) atoms. The van der Waals surface area contributed by atoms with Crippen molar-refractivity contribution in [3.05, 3.63) is 34.9 Å². The molecule has 2 rings (SSSR count). The van der Waals surface area contributed by atoms with Crippen molar-refractivity contribution in [3.63, 3.8) is 0 Å². The van der Waals surface area contributed by atoms with Crippen LogP contribution in [0.25, 0.3) is 0 Å². The second-order valence-corrected chi connectivity index (χ2v) is 5.50. The quantitative estimate of drug-likeness (QED) is 0.911. The topological polar surface area (TPSA) is 46.3 Å². The van der Waals surface area contributed by atoms with Crippen molar-refractivity contribution in [2.45, 2.75) is 45.2 Å². The van der Waals surface area contributed by atoms with Crippen LogP contribution in [-0.4, -0.2) is 29.4 Å². The molecule has 6 heteroatoms. The van der Waals surface area contributed by atoms with Crippen molar-refractivity contribution in [2.24, 2.45) is 5.73 Å². The van der Waals surface area contributed by atoms with Crippen molar-refractivity contribution in [2.75, 3.05) is 6.54 Å². The van der Waals surface area contributed by atoms with Crippen LogP contribution in [0.3, 0.4) is 0 Å². The molecule has 1 amide bonds. The van der Waals surface area contributed by atoms with Crippen LogP contribution >= 0.6 is 12.4 Å². The van der Waals surface area contributed by atoms with E-state index in [-0.39, 0.29) is 35.6 Å². The van der Waals surface area contributed by atoms with Crippen LogP contribution in [0.1, 0.15) is 42.1 Å². The Morgan fingerprint density at radius 3 is 2.62 bits per heavy atom. The van der Waals surface area contributed by atoms with E-state index in [1.165, 1.54) is 13.0 Å². The number of carbonyl (C=O) groups is 1. The first-order valence-electron chi connectivity index (χ1n) is 6.94. The summed E-state index contributed by atoms with van der Waals surface area (Å²) in [5, 5.41) is 0. The Hall–Kier alpha value is -1.20. The molecule has 0 aromatic heterocycles. The smallest absolute Gasteiger partial charge is 0.257 e. The first-order valence-corrected chi connectivity index (χ1v) is 6.94. The molecule has 1 aliphatic heterocycles. The Morgan fingerprint density at radius 2 is 2.00 bits per heavy atom. The van der Waals surface area contributed by atoms with Gasteiger partial charge in [-0.05, 0) is 44.7 Å². The highest BCUT2D eigenvalue weighted by Gasteiger charge is 2.31. The zero-order valence-corrected chi connectivity index (χ0v) is 13.1. The fraction of sp³-hybridized carbons (Fsp3) is 0.533. The van der Waals surface area contributed by atoms with E-state index in [0.29, 0.717) is 6.54 Å². The molecular formula is C15H21ClF2N2O. The molecule has 2 N–H and O–H groups in total. The Labute approximate surface area is 129 Å². The van der Waals surface area contributed by atoms with Crippen molar-refractivity contribution >= 4 is 18.3 Å². The number of nitrogens with zero attached hydrogens (tertiary/aromatic N) is 1. The van der Waals surface area contributed by atoms with Crippen molar-refractivity contribution in [1.29, 1.82) is 0 Å². The maximum absolute atomic E-state index is 13.8. The molecule has 3 nitrogen and oxygen atoms in total. The molecule has 1 aromatic rings. The standard InChI is InChI=1S/C15H20F2N2O.ClH/c1-9-7-11(13(17)8-12(9)16)15(20)19-6-4-3-5-14(19)10(2)18;/h7-8,10,14H,3-6,18H2,1-2H3;1H. The Kier molecular flexibility index (Phi) is 6.10. The molecule has 1 heterocycles. The van der Waals surface area contributed by atoms with Gasteiger partial charge in [-0.15, -0.1) is 12.4 Å². The maximum Gasteiger partial charge on any atom is 0.257 e. The largest absolute Gasteiger partial charge is 0.334 e. The summed E-state index contributed by atoms with van der Waals surface area (Å²) in [6.45, 7) is 3.94. The van der Waals surface area contributed by atoms with Gasteiger partial charge in [-0.25, -0.2) is 8.78 Å². The first-order chi connectivity index (χ1) is 9.41. The SMILES string of the molecule is Cc1cc(C(=O)N2CCCCC2C(C)N)c(F)cc1F.Cl. The van der Waals surface area contributed by atoms with Crippen LogP contribution in [0, 0.1) is 18.6 Å². The van der Waals surface area contributed by atoms with E-state index < -0.39 is 17.5 Å². The summed E-state index contributed by atoms with van der Waals surface area (Å²) in [7, 11) is 0. The highest BCUT2D eigenvalue weighted by atomic mass is 35.5. The van der Waals surface area contributed by atoms with Gasteiger partial charge in [0.05, 0.1) is 5.56 Å². The lowest BCUT2D eigenvalue weighted by atomic mass is 9.95. The number of benzene rings is 1. The molecule has 1 aliphatic rings. The summed E-state index contributed by atoms with van der Waals surface area (Å²) < 4.78 is 27.1. The molecule has 1 aromatic carbocycles. The summed E-state index contributed by atoms with van der Waals surface area (Å²) >= 11 is 0. The first kappa shape index (κ1) is 17.9. The minimum Gasteiger partial charge on any atom is -0.334 e. The highest BCUT2D eigenvalue weighted by molar-refractivity contribution is 5.95. The second kappa shape index (κ2) is 7.18. The van der Waals surface area contributed by atoms with Crippen LogP contribution < -0.4 is 5.73 Å². The van der Waals surface area contributed by atoms with E-state index in [0.717, 1.165) is 25.3 Å². The minimum absolute atomic E-state index is 0. The predicted molar refractivity (Wildman–Crippen MR) is 80.7 cm³/mol. The van der Waals surface area contributed by atoms with Crippen LogP contribution in [0.2, 0.25) is 0 Å². The van der Waals surface area contributed by atoms with Crippen LogP contribution in [0.15, 0.2) is 12.1 Å². The number of likely N-dealkylation sites (tertiary alicyclic amines) is 1. The normalized spacial score (nSPS) is 19.9.